The van der Waals surface area contributed by atoms with Crippen molar-refractivity contribution in [3.8, 4) is 5.69 Å². The quantitative estimate of drug-likeness (QED) is 0.793. The number of carbonyl (C=O) groups is 2. The highest BCUT2D eigenvalue weighted by Gasteiger charge is 2.29. The Morgan fingerprint density at radius 2 is 1.96 bits per heavy atom. The number of likely N-dealkylation sites (tertiary alicyclic amines) is 1. The van der Waals surface area contributed by atoms with Crippen LogP contribution in [0.2, 0.25) is 0 Å². The molecule has 27 heavy (non-hydrogen) atoms. The van der Waals surface area contributed by atoms with Gasteiger partial charge in [0.2, 0.25) is 11.8 Å². The highest BCUT2D eigenvalue weighted by Crippen LogP contribution is 2.28. The van der Waals surface area contributed by atoms with Gasteiger partial charge < -0.3 is 10.6 Å². The normalized spacial score (nSPS) is 16.3. The lowest BCUT2D eigenvalue weighted by Crippen LogP contribution is -2.44. The zero-order valence-electron chi connectivity index (χ0n) is 15.9. The van der Waals surface area contributed by atoms with Crippen molar-refractivity contribution in [1.82, 2.24) is 19.7 Å². The lowest BCUT2D eigenvalue weighted by molar-refractivity contribution is -0.134. The molecule has 1 aliphatic heterocycles. The molecule has 7 nitrogen and oxygen atoms in total. The molecule has 1 aromatic carbocycles. The molecule has 2 amide bonds. The Bertz CT molecular complexity index is 842. The van der Waals surface area contributed by atoms with E-state index in [1.54, 1.807) is 6.33 Å². The van der Waals surface area contributed by atoms with Crippen molar-refractivity contribution in [2.75, 3.05) is 13.1 Å². The molecule has 1 aliphatic rings. The molecule has 3 rings (SSSR count). The lowest BCUT2D eigenvalue weighted by Gasteiger charge is -2.32. The predicted molar refractivity (Wildman–Crippen MR) is 105 cm³/mol. The van der Waals surface area contributed by atoms with Gasteiger partial charge in [-0.25, -0.2) is 0 Å². The first-order chi connectivity index (χ1) is 12.9. The van der Waals surface area contributed by atoms with Crippen molar-refractivity contribution >= 4 is 23.6 Å². The van der Waals surface area contributed by atoms with Gasteiger partial charge in [-0.15, -0.1) is 10.2 Å². The summed E-state index contributed by atoms with van der Waals surface area (Å²) in [6, 6.07) is 6.20. The summed E-state index contributed by atoms with van der Waals surface area (Å²) in [7, 11) is 0. The molecule has 144 valence electrons. The fourth-order valence-corrected chi connectivity index (χ4v) is 4.32. The van der Waals surface area contributed by atoms with E-state index in [4.69, 9.17) is 5.73 Å². The second-order valence-electron chi connectivity index (χ2n) is 7.04. The van der Waals surface area contributed by atoms with Crippen molar-refractivity contribution in [3.63, 3.8) is 0 Å². The average Bonchev–Trinajstić information content (AvgIpc) is 3.09. The summed E-state index contributed by atoms with van der Waals surface area (Å²) >= 11 is 1.40. The molecule has 2 N–H and O–H groups in total. The van der Waals surface area contributed by atoms with Gasteiger partial charge in [0.15, 0.2) is 5.16 Å². The number of primary amides is 1. The standard InChI is InChI=1S/C19H25N5O2S/c1-12-4-5-16(13(2)10-12)24-11-21-22-19(24)27-14(3)18(26)23-8-6-15(7-9-23)17(20)25/h4-5,10-11,14-15H,6-9H2,1-3H3,(H2,20,25). The van der Waals surface area contributed by atoms with Crippen LogP contribution in [0.3, 0.4) is 0 Å². The van der Waals surface area contributed by atoms with Crippen LogP contribution in [-0.2, 0) is 9.59 Å². The molecule has 0 spiro atoms. The van der Waals surface area contributed by atoms with Crippen LogP contribution in [0, 0.1) is 19.8 Å². The molecule has 2 heterocycles. The third-order valence-electron chi connectivity index (χ3n) is 4.97. The van der Waals surface area contributed by atoms with Gasteiger partial charge in [0.1, 0.15) is 6.33 Å². The van der Waals surface area contributed by atoms with Crippen molar-refractivity contribution < 1.29 is 9.59 Å². The zero-order chi connectivity index (χ0) is 19.6. The number of aromatic nitrogens is 3. The highest BCUT2D eigenvalue weighted by molar-refractivity contribution is 8.00. The van der Waals surface area contributed by atoms with Crippen LogP contribution in [0.25, 0.3) is 5.69 Å². The number of rotatable bonds is 5. The molecule has 1 aromatic heterocycles. The van der Waals surface area contributed by atoms with Crippen LogP contribution in [0.5, 0.6) is 0 Å². The number of thioether (sulfide) groups is 1. The maximum atomic E-state index is 12.8. The fraction of sp³-hybridized carbons (Fsp3) is 0.474. The summed E-state index contributed by atoms with van der Waals surface area (Å²) in [4.78, 5) is 25.9. The molecule has 8 heteroatoms. The Morgan fingerprint density at radius 1 is 1.26 bits per heavy atom. The number of piperidine rings is 1. The molecule has 2 aromatic rings. The average molecular weight is 388 g/mol. The van der Waals surface area contributed by atoms with Crippen molar-refractivity contribution in [1.29, 1.82) is 0 Å². The van der Waals surface area contributed by atoms with E-state index in [0.717, 1.165) is 11.3 Å². The minimum absolute atomic E-state index is 0.0538. The Morgan fingerprint density at radius 3 is 2.59 bits per heavy atom. The van der Waals surface area contributed by atoms with Gasteiger partial charge >= 0.3 is 0 Å². The molecule has 1 unspecified atom stereocenters. The summed E-state index contributed by atoms with van der Waals surface area (Å²) in [6.07, 6.45) is 2.95. The smallest absolute Gasteiger partial charge is 0.235 e. The van der Waals surface area contributed by atoms with Gasteiger partial charge in [-0.05, 0) is 45.2 Å². The van der Waals surface area contributed by atoms with Crippen molar-refractivity contribution in [2.45, 2.75) is 44.0 Å². The van der Waals surface area contributed by atoms with Crippen LogP contribution in [0.15, 0.2) is 29.7 Å². The van der Waals surface area contributed by atoms with E-state index < -0.39 is 0 Å². The molecule has 1 fully saturated rings. The molecular weight excluding hydrogens is 362 g/mol. The van der Waals surface area contributed by atoms with Crippen molar-refractivity contribution in [3.05, 3.63) is 35.7 Å². The first kappa shape index (κ1) is 19.4. The van der Waals surface area contributed by atoms with E-state index in [0.29, 0.717) is 31.1 Å². The maximum Gasteiger partial charge on any atom is 0.235 e. The SMILES string of the molecule is Cc1ccc(-n2cnnc2SC(C)C(=O)N2CCC(C(N)=O)CC2)c(C)c1. The van der Waals surface area contributed by atoms with E-state index in [-0.39, 0.29) is 23.0 Å². The van der Waals surface area contributed by atoms with Gasteiger partial charge in [-0.3, -0.25) is 14.2 Å². The number of amides is 2. The lowest BCUT2D eigenvalue weighted by atomic mass is 9.96. The zero-order valence-corrected chi connectivity index (χ0v) is 16.7. The summed E-state index contributed by atoms with van der Waals surface area (Å²) < 4.78 is 1.92. The van der Waals surface area contributed by atoms with E-state index in [2.05, 4.69) is 23.2 Å². The second-order valence-corrected chi connectivity index (χ2v) is 8.34. The van der Waals surface area contributed by atoms with Gasteiger partial charge in [-0.2, -0.15) is 0 Å². The predicted octanol–water partition coefficient (Wildman–Crippen LogP) is 2.09. The molecule has 1 atom stereocenters. The topological polar surface area (TPSA) is 94.1 Å². The van der Waals surface area contributed by atoms with Crippen LogP contribution in [0.1, 0.15) is 30.9 Å². The first-order valence-electron chi connectivity index (χ1n) is 9.09. The maximum absolute atomic E-state index is 12.8. The summed E-state index contributed by atoms with van der Waals surface area (Å²) in [6.45, 7) is 7.13. The number of benzene rings is 1. The Balaban J connectivity index is 1.68. The van der Waals surface area contributed by atoms with Crippen LogP contribution in [0.4, 0.5) is 0 Å². The molecule has 0 bridgehead atoms. The van der Waals surface area contributed by atoms with Gasteiger partial charge in [0.05, 0.1) is 10.9 Å². The molecule has 0 aliphatic carbocycles. The number of carbonyl (C=O) groups excluding carboxylic acids is 2. The van der Waals surface area contributed by atoms with Gasteiger partial charge in [0, 0.05) is 19.0 Å². The van der Waals surface area contributed by atoms with E-state index in [9.17, 15) is 9.59 Å². The molecule has 0 radical (unpaired) electrons. The van der Waals surface area contributed by atoms with E-state index in [1.165, 1.54) is 17.3 Å². The van der Waals surface area contributed by atoms with E-state index >= 15 is 0 Å². The third kappa shape index (κ3) is 4.32. The summed E-state index contributed by atoms with van der Waals surface area (Å²) in [5, 5.41) is 8.64. The van der Waals surface area contributed by atoms with Gasteiger partial charge in [-0.1, -0.05) is 29.5 Å². The van der Waals surface area contributed by atoms with Crippen LogP contribution < -0.4 is 5.73 Å². The third-order valence-corrected chi connectivity index (χ3v) is 6.01. The van der Waals surface area contributed by atoms with Gasteiger partial charge in [0.25, 0.3) is 0 Å². The highest BCUT2D eigenvalue weighted by atomic mass is 32.2. The number of hydrogen-bond acceptors (Lipinski definition) is 5. The summed E-state index contributed by atoms with van der Waals surface area (Å²) in [5.74, 6) is -0.339. The van der Waals surface area contributed by atoms with E-state index in [1.807, 2.05) is 35.4 Å². The van der Waals surface area contributed by atoms with Crippen LogP contribution in [-0.4, -0.2) is 49.8 Å². The Kier molecular flexibility index (Phi) is 5.84. The summed E-state index contributed by atoms with van der Waals surface area (Å²) in [5.41, 5.74) is 8.70. The number of nitrogens with zero attached hydrogens (tertiary/aromatic N) is 4. The molecule has 1 saturated heterocycles. The monoisotopic (exact) mass is 387 g/mol. The first-order valence-corrected chi connectivity index (χ1v) is 9.97. The second kappa shape index (κ2) is 8.12. The van der Waals surface area contributed by atoms with Crippen LogP contribution >= 0.6 is 11.8 Å². The fourth-order valence-electron chi connectivity index (χ4n) is 3.40. The molecular formula is C19H25N5O2S. The minimum atomic E-state index is -0.288. The number of nitrogens with two attached hydrogens (primary N) is 1. The Labute approximate surface area is 163 Å². The Hall–Kier alpha value is -2.35. The number of hydrogen-bond donors (Lipinski definition) is 1. The molecule has 0 saturated carbocycles. The van der Waals surface area contributed by atoms with Crippen molar-refractivity contribution in [2.24, 2.45) is 11.7 Å². The number of aryl methyl sites for hydroxylation is 2. The largest absolute Gasteiger partial charge is 0.369 e. The minimum Gasteiger partial charge on any atom is -0.369 e.